The number of nitrogens with two attached hydrogens (primary N) is 1. The van der Waals surface area contributed by atoms with Crippen molar-refractivity contribution in [3.8, 4) is 0 Å². The van der Waals surface area contributed by atoms with Crippen molar-refractivity contribution in [2.24, 2.45) is 0 Å². The Hall–Kier alpha value is -2.29. The lowest BCUT2D eigenvalue weighted by Gasteiger charge is -2.10. The summed E-state index contributed by atoms with van der Waals surface area (Å²) in [6, 6.07) is 15.4. The van der Waals surface area contributed by atoms with Crippen LogP contribution in [0, 0.1) is 12.7 Å². The predicted molar refractivity (Wildman–Crippen MR) is 76.6 cm³/mol. The number of hydrogen-bond acceptors (Lipinski definition) is 1. The number of nitrogen functional groups attached to an aromatic ring is 1. The third-order valence-electron chi connectivity index (χ3n) is 3.45. The molecule has 0 bridgehead atoms. The highest BCUT2D eigenvalue weighted by Crippen LogP contribution is 2.22. The molecule has 0 atom stereocenters. The van der Waals surface area contributed by atoms with Crippen LogP contribution < -0.4 is 5.73 Å². The van der Waals surface area contributed by atoms with E-state index in [1.165, 1.54) is 5.39 Å². The maximum absolute atomic E-state index is 14.0. The molecule has 0 fully saturated rings. The second-order valence-electron chi connectivity index (χ2n) is 4.75. The fourth-order valence-electron chi connectivity index (χ4n) is 2.45. The van der Waals surface area contributed by atoms with Crippen molar-refractivity contribution < 1.29 is 4.39 Å². The van der Waals surface area contributed by atoms with Crippen LogP contribution >= 0.6 is 0 Å². The Morgan fingerprint density at radius 2 is 1.89 bits per heavy atom. The largest absolute Gasteiger partial charge is 0.396 e. The summed E-state index contributed by atoms with van der Waals surface area (Å²) in [5.41, 5.74) is 8.66. The summed E-state index contributed by atoms with van der Waals surface area (Å²) in [5, 5.41) is 1.17. The van der Waals surface area contributed by atoms with E-state index in [2.05, 4.69) is 16.7 Å². The topological polar surface area (TPSA) is 30.9 Å². The normalized spacial score (nSPS) is 11.1. The molecule has 2 aromatic carbocycles. The summed E-state index contributed by atoms with van der Waals surface area (Å²) in [5.74, 6) is -0.320. The fraction of sp³-hybridized carbons (Fsp3) is 0.125. The van der Waals surface area contributed by atoms with Gasteiger partial charge in [0.25, 0.3) is 0 Å². The molecule has 2 nitrogen and oxygen atoms in total. The first-order valence-electron chi connectivity index (χ1n) is 6.24. The highest BCUT2D eigenvalue weighted by atomic mass is 19.1. The Morgan fingerprint density at radius 3 is 2.74 bits per heavy atom. The van der Waals surface area contributed by atoms with Crippen molar-refractivity contribution in [2.75, 3.05) is 5.73 Å². The maximum Gasteiger partial charge on any atom is 0.151 e. The van der Waals surface area contributed by atoms with E-state index in [0.717, 1.165) is 11.2 Å². The molecule has 3 aromatic rings. The molecule has 1 aromatic heterocycles. The van der Waals surface area contributed by atoms with Crippen LogP contribution in [-0.2, 0) is 6.54 Å². The van der Waals surface area contributed by atoms with E-state index in [1.807, 2.05) is 25.1 Å². The summed E-state index contributed by atoms with van der Waals surface area (Å²) < 4.78 is 16.1. The maximum atomic E-state index is 14.0. The molecular formula is C16H15FN2. The average molecular weight is 254 g/mol. The SMILES string of the molecule is Cc1cc2ccccc2n1Cc1cccc(N)c1F. The van der Waals surface area contributed by atoms with Crippen molar-refractivity contribution in [2.45, 2.75) is 13.5 Å². The lowest BCUT2D eigenvalue weighted by Crippen LogP contribution is -2.05. The molecular weight excluding hydrogens is 239 g/mol. The van der Waals surface area contributed by atoms with Gasteiger partial charge in [-0.2, -0.15) is 0 Å². The van der Waals surface area contributed by atoms with E-state index in [1.54, 1.807) is 18.2 Å². The molecule has 0 spiro atoms. The number of anilines is 1. The van der Waals surface area contributed by atoms with Gasteiger partial charge in [0.2, 0.25) is 0 Å². The lowest BCUT2D eigenvalue weighted by molar-refractivity contribution is 0.605. The van der Waals surface area contributed by atoms with Gasteiger partial charge in [0.15, 0.2) is 5.82 Å². The molecule has 0 aliphatic heterocycles. The van der Waals surface area contributed by atoms with E-state index in [4.69, 9.17) is 5.73 Å². The highest BCUT2D eigenvalue weighted by molar-refractivity contribution is 5.81. The van der Waals surface area contributed by atoms with Gasteiger partial charge in [0, 0.05) is 16.8 Å². The van der Waals surface area contributed by atoms with Crippen LogP contribution in [0.5, 0.6) is 0 Å². The Bertz CT molecular complexity index is 744. The Morgan fingerprint density at radius 1 is 1.11 bits per heavy atom. The minimum Gasteiger partial charge on any atom is -0.396 e. The second-order valence-corrected chi connectivity index (χ2v) is 4.75. The van der Waals surface area contributed by atoms with Crippen LogP contribution in [0.1, 0.15) is 11.3 Å². The standard InChI is InChI=1S/C16H15FN2/c1-11-9-12-5-2-3-8-15(12)19(11)10-13-6-4-7-14(18)16(13)17/h2-9H,10,18H2,1H3. The monoisotopic (exact) mass is 254 g/mol. The van der Waals surface area contributed by atoms with Crippen LogP contribution in [0.2, 0.25) is 0 Å². The molecule has 1 heterocycles. The van der Waals surface area contributed by atoms with Crippen molar-refractivity contribution >= 4 is 16.6 Å². The number of halogens is 1. The number of para-hydroxylation sites is 1. The number of aromatic nitrogens is 1. The Balaban J connectivity index is 2.11. The molecule has 0 saturated heterocycles. The fourth-order valence-corrected chi connectivity index (χ4v) is 2.45. The van der Waals surface area contributed by atoms with Crippen molar-refractivity contribution in [3.63, 3.8) is 0 Å². The zero-order valence-corrected chi connectivity index (χ0v) is 10.7. The average Bonchev–Trinajstić information content (AvgIpc) is 2.72. The van der Waals surface area contributed by atoms with E-state index < -0.39 is 0 Å². The van der Waals surface area contributed by atoms with E-state index in [0.29, 0.717) is 12.1 Å². The van der Waals surface area contributed by atoms with Gasteiger partial charge in [0.1, 0.15) is 0 Å². The van der Waals surface area contributed by atoms with E-state index in [-0.39, 0.29) is 11.5 Å². The minimum atomic E-state index is -0.320. The number of benzene rings is 2. The van der Waals surface area contributed by atoms with Gasteiger partial charge in [-0.25, -0.2) is 4.39 Å². The van der Waals surface area contributed by atoms with Gasteiger partial charge in [-0.15, -0.1) is 0 Å². The first kappa shape index (κ1) is 11.8. The number of hydrogen-bond donors (Lipinski definition) is 1. The molecule has 0 radical (unpaired) electrons. The van der Waals surface area contributed by atoms with Crippen molar-refractivity contribution in [1.29, 1.82) is 0 Å². The Labute approximate surface area is 111 Å². The number of fused-ring (bicyclic) bond motifs is 1. The van der Waals surface area contributed by atoms with Gasteiger partial charge in [-0.1, -0.05) is 30.3 Å². The first-order chi connectivity index (χ1) is 9.16. The highest BCUT2D eigenvalue weighted by Gasteiger charge is 2.09. The van der Waals surface area contributed by atoms with Gasteiger partial charge >= 0.3 is 0 Å². The van der Waals surface area contributed by atoms with Crippen LogP contribution in [0.15, 0.2) is 48.5 Å². The zero-order valence-electron chi connectivity index (χ0n) is 10.7. The van der Waals surface area contributed by atoms with E-state index in [9.17, 15) is 4.39 Å². The molecule has 3 rings (SSSR count). The van der Waals surface area contributed by atoms with Crippen LogP contribution in [-0.4, -0.2) is 4.57 Å². The van der Waals surface area contributed by atoms with E-state index >= 15 is 0 Å². The molecule has 0 aliphatic carbocycles. The summed E-state index contributed by atoms with van der Waals surface area (Å²) in [6.07, 6.45) is 0. The van der Waals surface area contributed by atoms with Crippen LogP contribution in [0.3, 0.4) is 0 Å². The number of nitrogens with zero attached hydrogens (tertiary/aromatic N) is 1. The number of aryl methyl sites for hydroxylation is 1. The third-order valence-corrected chi connectivity index (χ3v) is 3.45. The third kappa shape index (κ3) is 1.97. The first-order valence-corrected chi connectivity index (χ1v) is 6.24. The van der Waals surface area contributed by atoms with Crippen LogP contribution in [0.25, 0.3) is 10.9 Å². The smallest absolute Gasteiger partial charge is 0.151 e. The lowest BCUT2D eigenvalue weighted by atomic mass is 10.2. The van der Waals surface area contributed by atoms with Gasteiger partial charge in [-0.3, -0.25) is 0 Å². The summed E-state index contributed by atoms with van der Waals surface area (Å²) in [4.78, 5) is 0. The van der Waals surface area contributed by atoms with Crippen molar-refractivity contribution in [3.05, 3.63) is 65.6 Å². The van der Waals surface area contributed by atoms with Crippen molar-refractivity contribution in [1.82, 2.24) is 4.57 Å². The molecule has 3 heteroatoms. The van der Waals surface area contributed by atoms with Crippen LogP contribution in [0.4, 0.5) is 10.1 Å². The summed E-state index contributed by atoms with van der Waals surface area (Å²) in [6.45, 7) is 2.53. The summed E-state index contributed by atoms with van der Waals surface area (Å²) in [7, 11) is 0. The van der Waals surface area contributed by atoms with Gasteiger partial charge in [0.05, 0.1) is 12.2 Å². The molecule has 2 N–H and O–H groups in total. The minimum absolute atomic E-state index is 0.201. The number of rotatable bonds is 2. The predicted octanol–water partition coefficient (Wildman–Crippen LogP) is 3.72. The quantitative estimate of drug-likeness (QED) is 0.694. The molecule has 0 saturated carbocycles. The molecule has 0 amide bonds. The molecule has 19 heavy (non-hydrogen) atoms. The molecule has 0 aliphatic rings. The summed E-state index contributed by atoms with van der Waals surface area (Å²) >= 11 is 0. The van der Waals surface area contributed by atoms with Gasteiger partial charge in [-0.05, 0) is 30.5 Å². The van der Waals surface area contributed by atoms with Gasteiger partial charge < -0.3 is 10.3 Å². The molecule has 0 unspecified atom stereocenters. The molecule has 96 valence electrons. The Kier molecular flexibility index (Phi) is 2.75. The second kappa shape index (κ2) is 4.43. The zero-order chi connectivity index (χ0) is 13.4.